The second-order valence-electron chi connectivity index (χ2n) is 6.83. The van der Waals surface area contributed by atoms with E-state index in [-0.39, 0.29) is 5.91 Å². The minimum absolute atomic E-state index is 0.0506. The Morgan fingerprint density at radius 3 is 2.48 bits per heavy atom. The van der Waals surface area contributed by atoms with Gasteiger partial charge in [0.05, 0.1) is 0 Å². The number of carbonyl (C=O) groups excluding carboxylic acids is 1. The summed E-state index contributed by atoms with van der Waals surface area (Å²) in [6.07, 6.45) is 8.59. The molecular formula is C23H26ClNOS. The lowest BCUT2D eigenvalue weighted by Gasteiger charge is -2.21. The summed E-state index contributed by atoms with van der Waals surface area (Å²) >= 11 is 8.29. The number of thioether (sulfide) groups is 1. The molecule has 3 rings (SSSR count). The first kappa shape index (κ1) is 20.0. The van der Waals surface area contributed by atoms with Crippen LogP contribution < -0.4 is 5.32 Å². The molecule has 1 aliphatic rings. The van der Waals surface area contributed by atoms with Crippen LogP contribution in [0.25, 0.3) is 11.6 Å². The number of benzene rings is 2. The van der Waals surface area contributed by atoms with Gasteiger partial charge in [-0.05, 0) is 36.1 Å². The highest BCUT2D eigenvalue weighted by Crippen LogP contribution is 2.28. The van der Waals surface area contributed by atoms with Gasteiger partial charge in [-0.2, -0.15) is 11.8 Å². The van der Waals surface area contributed by atoms with Gasteiger partial charge in [0.25, 0.3) is 5.91 Å². The van der Waals surface area contributed by atoms with Crippen LogP contribution in [0.5, 0.6) is 0 Å². The van der Waals surface area contributed by atoms with Crippen LogP contribution in [0.1, 0.15) is 43.2 Å². The Morgan fingerprint density at radius 2 is 1.74 bits per heavy atom. The molecule has 0 heterocycles. The molecule has 0 unspecified atom stereocenters. The van der Waals surface area contributed by atoms with Crippen LogP contribution in [-0.4, -0.2) is 23.5 Å². The largest absolute Gasteiger partial charge is 0.351 e. The van der Waals surface area contributed by atoms with E-state index in [9.17, 15) is 4.79 Å². The Balaban J connectivity index is 1.65. The van der Waals surface area contributed by atoms with E-state index >= 15 is 0 Å². The molecule has 0 aromatic heterocycles. The molecule has 0 bridgehead atoms. The molecule has 2 aromatic rings. The molecule has 1 saturated carbocycles. The lowest BCUT2D eigenvalue weighted by Crippen LogP contribution is -2.27. The van der Waals surface area contributed by atoms with Crippen LogP contribution >= 0.6 is 23.4 Å². The predicted molar refractivity (Wildman–Crippen MR) is 118 cm³/mol. The van der Waals surface area contributed by atoms with Crippen molar-refractivity contribution in [2.75, 3.05) is 12.3 Å². The number of amides is 1. The normalized spacial score (nSPS) is 15.5. The molecule has 27 heavy (non-hydrogen) atoms. The maximum Gasteiger partial charge on any atom is 0.251 e. The molecule has 142 valence electrons. The summed E-state index contributed by atoms with van der Waals surface area (Å²) in [7, 11) is 0. The second kappa shape index (κ2) is 10.6. The molecule has 4 heteroatoms. The minimum Gasteiger partial charge on any atom is -0.351 e. The predicted octanol–water partition coefficient (Wildman–Crippen LogP) is 6.06. The van der Waals surface area contributed by atoms with Gasteiger partial charge >= 0.3 is 0 Å². The average molecular weight is 400 g/mol. The van der Waals surface area contributed by atoms with Gasteiger partial charge in [-0.15, -0.1) is 0 Å². The van der Waals surface area contributed by atoms with E-state index in [2.05, 4.69) is 5.32 Å². The monoisotopic (exact) mass is 399 g/mol. The first-order valence-corrected chi connectivity index (χ1v) is 11.1. The molecule has 0 spiro atoms. The third-order valence-electron chi connectivity index (χ3n) is 4.83. The Bertz CT molecular complexity index is 769. The molecule has 0 radical (unpaired) electrons. The molecule has 0 saturated heterocycles. The number of hydrogen-bond acceptors (Lipinski definition) is 2. The van der Waals surface area contributed by atoms with Crippen LogP contribution in [-0.2, 0) is 4.79 Å². The Hall–Kier alpha value is -1.71. The summed E-state index contributed by atoms with van der Waals surface area (Å²) < 4.78 is 0. The maximum atomic E-state index is 12.9. The smallest absolute Gasteiger partial charge is 0.251 e. The van der Waals surface area contributed by atoms with Gasteiger partial charge in [-0.1, -0.05) is 79.4 Å². The first-order valence-electron chi connectivity index (χ1n) is 9.65. The van der Waals surface area contributed by atoms with Gasteiger partial charge < -0.3 is 5.32 Å². The van der Waals surface area contributed by atoms with Crippen molar-refractivity contribution in [1.82, 2.24) is 5.32 Å². The standard InChI is InChI=1S/C23H26ClNOS/c24-22-14-8-7-11-19(22)17-21(18-9-3-1-4-10-18)23(26)25-15-16-27-20-12-5-2-6-13-20/h1,3-4,7-11,14,17,20H,2,5-6,12-13,15-16H2,(H,25,26)/b21-17+. The lowest BCUT2D eigenvalue weighted by molar-refractivity contribution is -0.115. The van der Waals surface area contributed by atoms with Crippen LogP contribution in [0.2, 0.25) is 5.02 Å². The average Bonchev–Trinajstić information content (AvgIpc) is 2.72. The summed E-state index contributed by atoms with van der Waals surface area (Å²) in [6, 6.07) is 17.4. The van der Waals surface area contributed by atoms with E-state index in [1.807, 2.05) is 72.4 Å². The summed E-state index contributed by atoms with van der Waals surface area (Å²) in [5.41, 5.74) is 2.39. The van der Waals surface area contributed by atoms with E-state index in [1.54, 1.807) is 0 Å². The van der Waals surface area contributed by atoms with Gasteiger partial charge in [-0.3, -0.25) is 4.79 Å². The zero-order valence-corrected chi connectivity index (χ0v) is 17.1. The van der Waals surface area contributed by atoms with Gasteiger partial charge in [-0.25, -0.2) is 0 Å². The summed E-state index contributed by atoms with van der Waals surface area (Å²) in [6.45, 7) is 0.687. The fourth-order valence-corrected chi connectivity index (χ4v) is 4.77. The van der Waals surface area contributed by atoms with E-state index in [0.717, 1.165) is 22.1 Å². The highest BCUT2D eigenvalue weighted by atomic mass is 35.5. The van der Waals surface area contributed by atoms with Crippen molar-refractivity contribution in [1.29, 1.82) is 0 Å². The molecular weight excluding hydrogens is 374 g/mol. The zero-order valence-electron chi connectivity index (χ0n) is 15.5. The molecule has 0 aliphatic heterocycles. The fraction of sp³-hybridized carbons (Fsp3) is 0.348. The Labute approximate surface area is 171 Å². The van der Waals surface area contributed by atoms with Crippen molar-refractivity contribution in [3.8, 4) is 0 Å². The summed E-state index contributed by atoms with van der Waals surface area (Å²) in [5.74, 6) is 0.912. The molecule has 1 fully saturated rings. The SMILES string of the molecule is O=C(NCCSC1CCCCC1)/C(=C/c1ccccc1Cl)c1ccccc1. The molecule has 0 atom stereocenters. The summed E-state index contributed by atoms with van der Waals surface area (Å²) in [4.78, 5) is 12.9. The van der Waals surface area contributed by atoms with Gasteiger partial charge in [0.1, 0.15) is 0 Å². The highest BCUT2D eigenvalue weighted by Gasteiger charge is 2.15. The topological polar surface area (TPSA) is 29.1 Å². The molecule has 1 amide bonds. The van der Waals surface area contributed by atoms with Gasteiger partial charge in [0.15, 0.2) is 0 Å². The number of rotatable bonds is 7. The summed E-state index contributed by atoms with van der Waals surface area (Å²) in [5, 5.41) is 4.50. The molecule has 1 aliphatic carbocycles. The van der Waals surface area contributed by atoms with Crippen molar-refractivity contribution in [2.45, 2.75) is 37.4 Å². The van der Waals surface area contributed by atoms with Crippen LogP contribution in [0, 0.1) is 0 Å². The van der Waals surface area contributed by atoms with Gasteiger partial charge in [0, 0.05) is 28.1 Å². The lowest BCUT2D eigenvalue weighted by atomic mass is 10.0. The van der Waals surface area contributed by atoms with E-state index in [0.29, 0.717) is 17.1 Å². The van der Waals surface area contributed by atoms with E-state index in [1.165, 1.54) is 32.1 Å². The van der Waals surface area contributed by atoms with Crippen molar-refractivity contribution in [3.63, 3.8) is 0 Å². The highest BCUT2D eigenvalue weighted by molar-refractivity contribution is 7.99. The van der Waals surface area contributed by atoms with Crippen molar-refractivity contribution in [2.24, 2.45) is 0 Å². The number of nitrogens with one attached hydrogen (secondary N) is 1. The van der Waals surface area contributed by atoms with Crippen molar-refractivity contribution >= 4 is 40.9 Å². The van der Waals surface area contributed by atoms with Crippen LogP contribution in [0.15, 0.2) is 54.6 Å². The zero-order chi connectivity index (χ0) is 18.9. The van der Waals surface area contributed by atoms with Gasteiger partial charge in [0.2, 0.25) is 0 Å². The van der Waals surface area contributed by atoms with E-state index in [4.69, 9.17) is 11.6 Å². The number of halogens is 1. The third-order valence-corrected chi connectivity index (χ3v) is 6.55. The minimum atomic E-state index is -0.0506. The number of hydrogen-bond donors (Lipinski definition) is 1. The molecule has 2 aromatic carbocycles. The quantitative estimate of drug-likeness (QED) is 0.348. The second-order valence-corrected chi connectivity index (χ2v) is 8.65. The van der Waals surface area contributed by atoms with Crippen molar-refractivity contribution in [3.05, 3.63) is 70.7 Å². The first-order chi connectivity index (χ1) is 13.2. The molecule has 1 N–H and O–H groups in total. The van der Waals surface area contributed by atoms with Crippen molar-refractivity contribution < 1.29 is 4.79 Å². The van der Waals surface area contributed by atoms with E-state index < -0.39 is 0 Å². The Morgan fingerprint density at radius 1 is 1.04 bits per heavy atom. The molecule has 2 nitrogen and oxygen atoms in total. The fourth-order valence-electron chi connectivity index (χ4n) is 3.36. The van der Waals surface area contributed by atoms with Crippen LogP contribution in [0.4, 0.5) is 0 Å². The number of carbonyl (C=O) groups is 1. The third kappa shape index (κ3) is 6.15. The van der Waals surface area contributed by atoms with Crippen LogP contribution in [0.3, 0.4) is 0 Å². The maximum absolute atomic E-state index is 12.9. The Kier molecular flexibility index (Phi) is 7.85.